The molecule has 0 aliphatic carbocycles. The van der Waals surface area contributed by atoms with Crippen molar-refractivity contribution in [3.8, 4) is 16.9 Å². The molecule has 0 aliphatic heterocycles. The molecule has 0 heterocycles. The molecule has 0 saturated carbocycles. The highest BCUT2D eigenvalue weighted by Gasteiger charge is 2.25. The van der Waals surface area contributed by atoms with Crippen molar-refractivity contribution in [2.45, 2.75) is 38.8 Å². The largest absolute Gasteiger partial charge is 0.497 e. The lowest BCUT2D eigenvalue weighted by Crippen LogP contribution is -2.43. The van der Waals surface area contributed by atoms with E-state index in [2.05, 4.69) is 5.32 Å². The second kappa shape index (κ2) is 11.9. The lowest BCUT2D eigenvalue weighted by Gasteiger charge is -2.20. The van der Waals surface area contributed by atoms with Crippen LogP contribution in [-0.4, -0.2) is 43.7 Å². The Kier molecular flexibility index (Phi) is 8.95. The Morgan fingerprint density at radius 1 is 0.919 bits per heavy atom. The standard InChI is InChI=1S/C29H30ClNO6/c1-29(2,3)37-27(33)21-13-14-23(24(30)17-21)26(32)31-25(28(34)36-5)15-18-9-11-19(12-10-18)20-7-6-8-22(16-20)35-4/h6-14,16-17,25H,15H2,1-5H3,(H,31,32)/t25-/m0/s1. The number of benzene rings is 3. The van der Waals surface area contributed by atoms with Crippen molar-refractivity contribution in [2.24, 2.45) is 0 Å². The van der Waals surface area contributed by atoms with E-state index >= 15 is 0 Å². The van der Waals surface area contributed by atoms with Gasteiger partial charge in [-0.15, -0.1) is 0 Å². The third kappa shape index (κ3) is 7.57. The van der Waals surface area contributed by atoms with Crippen molar-refractivity contribution in [1.82, 2.24) is 5.32 Å². The van der Waals surface area contributed by atoms with Crippen LogP contribution in [0.4, 0.5) is 0 Å². The maximum absolute atomic E-state index is 13.0. The molecule has 0 radical (unpaired) electrons. The average Bonchev–Trinajstić information content (AvgIpc) is 2.87. The molecule has 0 spiro atoms. The first-order valence-electron chi connectivity index (χ1n) is 11.7. The molecule has 0 aromatic heterocycles. The Morgan fingerprint density at radius 2 is 1.62 bits per heavy atom. The van der Waals surface area contributed by atoms with Gasteiger partial charge in [0, 0.05) is 6.42 Å². The number of ether oxygens (including phenoxy) is 3. The van der Waals surface area contributed by atoms with Gasteiger partial charge in [-0.3, -0.25) is 4.79 Å². The Bertz CT molecular complexity index is 1280. The maximum Gasteiger partial charge on any atom is 0.338 e. The zero-order valence-electron chi connectivity index (χ0n) is 21.5. The minimum atomic E-state index is -0.943. The fraction of sp³-hybridized carbons (Fsp3) is 0.276. The molecule has 7 nitrogen and oxygen atoms in total. The summed E-state index contributed by atoms with van der Waals surface area (Å²) in [6, 6.07) is 18.7. The number of hydrogen-bond acceptors (Lipinski definition) is 6. The summed E-state index contributed by atoms with van der Waals surface area (Å²) >= 11 is 6.30. The molecule has 0 saturated heterocycles. The van der Waals surface area contributed by atoms with Gasteiger partial charge in [-0.2, -0.15) is 0 Å². The van der Waals surface area contributed by atoms with Crippen molar-refractivity contribution in [3.05, 3.63) is 88.4 Å². The van der Waals surface area contributed by atoms with Gasteiger partial charge in [0.15, 0.2) is 0 Å². The highest BCUT2D eigenvalue weighted by Crippen LogP contribution is 2.25. The zero-order valence-corrected chi connectivity index (χ0v) is 22.2. The van der Waals surface area contributed by atoms with Crippen LogP contribution in [0, 0.1) is 0 Å². The number of carbonyl (C=O) groups excluding carboxylic acids is 3. The Morgan fingerprint density at radius 3 is 2.22 bits per heavy atom. The molecule has 0 bridgehead atoms. The van der Waals surface area contributed by atoms with Crippen molar-refractivity contribution < 1.29 is 28.6 Å². The summed E-state index contributed by atoms with van der Waals surface area (Å²) in [7, 11) is 2.88. The van der Waals surface area contributed by atoms with Crippen molar-refractivity contribution in [2.75, 3.05) is 14.2 Å². The molecule has 3 rings (SSSR count). The van der Waals surface area contributed by atoms with E-state index in [0.29, 0.717) is 0 Å². The highest BCUT2D eigenvalue weighted by molar-refractivity contribution is 6.34. The van der Waals surface area contributed by atoms with Crippen LogP contribution < -0.4 is 10.1 Å². The number of halogens is 1. The molecular weight excluding hydrogens is 494 g/mol. The van der Waals surface area contributed by atoms with E-state index in [-0.39, 0.29) is 22.6 Å². The number of rotatable bonds is 8. The first kappa shape index (κ1) is 27.7. The normalized spacial score (nSPS) is 11.8. The number of carbonyl (C=O) groups is 3. The lowest BCUT2D eigenvalue weighted by molar-refractivity contribution is -0.142. The topological polar surface area (TPSA) is 90.9 Å². The summed E-state index contributed by atoms with van der Waals surface area (Å²) in [6.45, 7) is 5.27. The number of esters is 2. The van der Waals surface area contributed by atoms with Crippen LogP contribution >= 0.6 is 11.6 Å². The van der Waals surface area contributed by atoms with Gasteiger partial charge in [0.25, 0.3) is 5.91 Å². The molecule has 1 atom stereocenters. The third-order valence-electron chi connectivity index (χ3n) is 5.44. The fourth-order valence-electron chi connectivity index (χ4n) is 3.61. The van der Waals surface area contributed by atoms with Crippen molar-refractivity contribution >= 4 is 29.4 Å². The summed E-state index contributed by atoms with van der Waals surface area (Å²) in [5, 5.41) is 2.75. The quantitative estimate of drug-likeness (QED) is 0.393. The summed E-state index contributed by atoms with van der Waals surface area (Å²) in [4.78, 5) is 37.7. The number of methoxy groups -OCH3 is 2. The lowest BCUT2D eigenvalue weighted by atomic mass is 10.00. The van der Waals surface area contributed by atoms with Crippen LogP contribution in [0.1, 0.15) is 47.1 Å². The Hall–Kier alpha value is -3.84. The molecule has 0 unspecified atom stereocenters. The summed E-state index contributed by atoms with van der Waals surface area (Å²) in [6.07, 6.45) is 0.213. The predicted octanol–water partition coefficient (Wildman–Crippen LogP) is 5.49. The van der Waals surface area contributed by atoms with Crippen LogP contribution in [0.5, 0.6) is 5.75 Å². The minimum Gasteiger partial charge on any atom is -0.497 e. The van der Waals surface area contributed by atoms with E-state index in [1.807, 2.05) is 48.5 Å². The second-order valence-corrected chi connectivity index (χ2v) is 9.79. The van der Waals surface area contributed by atoms with E-state index < -0.39 is 29.5 Å². The fourth-order valence-corrected chi connectivity index (χ4v) is 3.87. The molecule has 1 N–H and O–H groups in total. The molecule has 37 heavy (non-hydrogen) atoms. The first-order valence-corrected chi connectivity index (χ1v) is 12.0. The minimum absolute atomic E-state index is 0.0621. The van der Waals surface area contributed by atoms with E-state index in [1.54, 1.807) is 27.9 Å². The number of amides is 1. The molecule has 8 heteroatoms. The number of nitrogens with one attached hydrogen (secondary N) is 1. The zero-order chi connectivity index (χ0) is 27.2. The molecule has 3 aromatic rings. The number of hydrogen-bond donors (Lipinski definition) is 1. The summed E-state index contributed by atoms with van der Waals surface area (Å²) < 4.78 is 15.5. The van der Waals surface area contributed by atoms with Gasteiger partial charge in [0.1, 0.15) is 17.4 Å². The van der Waals surface area contributed by atoms with Crippen LogP contribution in [0.15, 0.2) is 66.7 Å². The van der Waals surface area contributed by atoms with Gasteiger partial charge in [-0.1, -0.05) is 48.0 Å². The monoisotopic (exact) mass is 523 g/mol. The third-order valence-corrected chi connectivity index (χ3v) is 5.75. The maximum atomic E-state index is 13.0. The van der Waals surface area contributed by atoms with Gasteiger partial charge >= 0.3 is 11.9 Å². The molecular formula is C29H30ClNO6. The van der Waals surface area contributed by atoms with Gasteiger partial charge < -0.3 is 19.5 Å². The van der Waals surface area contributed by atoms with Crippen LogP contribution in [0.2, 0.25) is 5.02 Å². The van der Waals surface area contributed by atoms with Crippen LogP contribution in [-0.2, 0) is 20.7 Å². The molecule has 194 valence electrons. The molecule has 3 aromatic carbocycles. The van der Waals surface area contributed by atoms with Crippen molar-refractivity contribution in [1.29, 1.82) is 0 Å². The highest BCUT2D eigenvalue weighted by atomic mass is 35.5. The Balaban J connectivity index is 1.74. The Labute approximate surface area is 221 Å². The van der Waals surface area contributed by atoms with Crippen molar-refractivity contribution in [3.63, 3.8) is 0 Å². The molecule has 0 fully saturated rings. The van der Waals surface area contributed by atoms with Gasteiger partial charge in [0.2, 0.25) is 0 Å². The second-order valence-electron chi connectivity index (χ2n) is 9.38. The molecule has 0 aliphatic rings. The molecule has 1 amide bonds. The SMILES string of the molecule is COC(=O)[C@H](Cc1ccc(-c2cccc(OC)c2)cc1)NC(=O)c1ccc(C(=O)OC(C)(C)C)cc1Cl. The van der Waals surface area contributed by atoms with E-state index in [0.717, 1.165) is 22.4 Å². The van der Waals surface area contributed by atoms with Gasteiger partial charge in [0.05, 0.1) is 30.4 Å². The summed E-state index contributed by atoms with van der Waals surface area (Å²) in [5.74, 6) is -0.949. The average molecular weight is 524 g/mol. The van der Waals surface area contributed by atoms with Crippen LogP contribution in [0.3, 0.4) is 0 Å². The van der Waals surface area contributed by atoms with Crippen LogP contribution in [0.25, 0.3) is 11.1 Å². The van der Waals surface area contributed by atoms with E-state index in [1.165, 1.54) is 25.3 Å². The van der Waals surface area contributed by atoms with Gasteiger partial charge in [-0.05, 0) is 67.8 Å². The summed E-state index contributed by atoms with van der Waals surface area (Å²) in [5.41, 5.74) is 2.48. The van der Waals surface area contributed by atoms with Gasteiger partial charge in [-0.25, -0.2) is 9.59 Å². The predicted molar refractivity (Wildman–Crippen MR) is 142 cm³/mol. The van der Waals surface area contributed by atoms with E-state index in [9.17, 15) is 14.4 Å². The smallest absolute Gasteiger partial charge is 0.338 e. The first-order chi connectivity index (χ1) is 17.5. The van der Waals surface area contributed by atoms with E-state index in [4.69, 9.17) is 25.8 Å².